The topological polar surface area (TPSA) is 99.9 Å². The van der Waals surface area contributed by atoms with Gasteiger partial charge in [0.05, 0.1) is 41.1 Å². The summed E-state index contributed by atoms with van der Waals surface area (Å²) in [5.74, 6) is -1.61. The molecule has 0 saturated carbocycles. The maximum atomic E-state index is 14.0. The number of rotatable bonds is 6. The lowest BCUT2D eigenvalue weighted by molar-refractivity contribution is -0.156. The Hall–Kier alpha value is -4.33. The molecule has 0 saturated heterocycles. The van der Waals surface area contributed by atoms with E-state index in [9.17, 15) is 32.8 Å². The molecule has 2 aromatic rings. The van der Waals surface area contributed by atoms with Crippen LogP contribution in [-0.2, 0) is 25.2 Å². The van der Waals surface area contributed by atoms with Crippen LogP contribution in [0.3, 0.4) is 0 Å². The number of esters is 2. The number of nitriles is 1. The van der Waals surface area contributed by atoms with E-state index in [1.807, 2.05) is 6.07 Å². The molecule has 1 aliphatic rings. The summed E-state index contributed by atoms with van der Waals surface area (Å²) in [4.78, 5) is 42.2. The number of allylic oxidation sites excluding steroid dienone is 1. The number of carbonyl (C=O) groups excluding carboxylic acids is 3. The highest BCUT2D eigenvalue weighted by molar-refractivity contribution is 6.04. The Bertz CT molecular complexity index is 1340. The average molecular weight is 544 g/mol. The number of urea groups is 1. The van der Waals surface area contributed by atoms with E-state index < -0.39 is 47.9 Å². The highest BCUT2D eigenvalue weighted by Gasteiger charge is 2.44. The van der Waals surface area contributed by atoms with Gasteiger partial charge < -0.3 is 14.4 Å². The molecule has 0 aliphatic carbocycles. The lowest BCUT2D eigenvalue weighted by atomic mass is 9.92. The van der Waals surface area contributed by atoms with Gasteiger partial charge in [0.25, 0.3) is 0 Å². The molecule has 2 aromatic carbocycles. The molecule has 11 heteroatoms. The van der Waals surface area contributed by atoms with Gasteiger partial charge in [-0.25, -0.2) is 9.59 Å². The molecule has 1 heterocycles. The normalized spacial score (nSPS) is 16.2. The lowest BCUT2D eigenvalue weighted by Crippen LogP contribution is -2.53. The minimum atomic E-state index is -4.68. The van der Waals surface area contributed by atoms with E-state index in [1.165, 1.54) is 37.3 Å². The monoisotopic (exact) mass is 543 g/mol. The number of benzene rings is 2. The molecule has 3 rings (SSSR count). The predicted octanol–water partition coefficient (Wildman–Crippen LogP) is 5.74. The van der Waals surface area contributed by atoms with Crippen molar-refractivity contribution in [3.8, 4) is 6.07 Å². The Morgan fingerprint density at radius 2 is 1.72 bits per heavy atom. The van der Waals surface area contributed by atoms with Crippen LogP contribution in [0.5, 0.6) is 0 Å². The number of hydrogen-bond donors (Lipinski definition) is 0. The fourth-order valence-electron chi connectivity index (χ4n) is 4.21. The van der Waals surface area contributed by atoms with Gasteiger partial charge in [-0.3, -0.25) is 9.69 Å². The number of halogens is 3. The van der Waals surface area contributed by atoms with Crippen molar-refractivity contribution in [3.63, 3.8) is 0 Å². The predicted molar refractivity (Wildman–Crippen MR) is 135 cm³/mol. The second-order valence-corrected chi connectivity index (χ2v) is 9.74. The molecule has 1 aliphatic heterocycles. The average Bonchev–Trinajstić information content (AvgIpc) is 2.84. The standard InChI is InChI=1S/C28H28F3N3O5/c1-6-38-25(36)23-17(2)34(21-9-7-8-20(14-21)28(29,30)31)26(37)33(16-22(35)39-27(3,4)5)24(23)19-12-10-18(15-32)11-13-19/h7-14,24H,6,16H2,1-5H3/t24-/m1/s1. The summed E-state index contributed by atoms with van der Waals surface area (Å²) in [7, 11) is 0. The summed E-state index contributed by atoms with van der Waals surface area (Å²) >= 11 is 0. The van der Waals surface area contributed by atoms with Gasteiger partial charge in [0.15, 0.2) is 0 Å². The molecule has 39 heavy (non-hydrogen) atoms. The van der Waals surface area contributed by atoms with E-state index in [0.717, 1.165) is 28.0 Å². The molecule has 0 radical (unpaired) electrons. The van der Waals surface area contributed by atoms with Crippen LogP contribution in [0, 0.1) is 11.3 Å². The van der Waals surface area contributed by atoms with Gasteiger partial charge in [-0.15, -0.1) is 0 Å². The summed E-state index contributed by atoms with van der Waals surface area (Å²) in [6, 6.07) is 10.1. The number of anilines is 1. The van der Waals surface area contributed by atoms with Gasteiger partial charge in [-0.2, -0.15) is 18.4 Å². The first-order valence-electron chi connectivity index (χ1n) is 12.1. The SMILES string of the molecule is CCOC(=O)C1=C(C)N(c2cccc(C(F)(F)F)c2)C(=O)N(CC(=O)OC(C)(C)C)[C@@H]1c1ccc(C#N)cc1. The quantitative estimate of drug-likeness (QED) is 0.431. The molecule has 0 bridgehead atoms. The van der Waals surface area contributed by atoms with Crippen LogP contribution in [0.15, 0.2) is 59.8 Å². The number of carbonyl (C=O) groups is 3. The Morgan fingerprint density at radius 3 is 2.26 bits per heavy atom. The Balaban J connectivity index is 2.27. The van der Waals surface area contributed by atoms with Crippen molar-refractivity contribution in [2.45, 2.75) is 52.4 Å². The van der Waals surface area contributed by atoms with E-state index in [1.54, 1.807) is 27.7 Å². The summed E-state index contributed by atoms with van der Waals surface area (Å²) in [6.45, 7) is 7.30. The van der Waals surface area contributed by atoms with Gasteiger partial charge in [0.2, 0.25) is 0 Å². The van der Waals surface area contributed by atoms with Crippen LogP contribution < -0.4 is 4.90 Å². The van der Waals surface area contributed by atoms with Gasteiger partial charge in [-0.1, -0.05) is 18.2 Å². The van der Waals surface area contributed by atoms with Crippen LogP contribution in [-0.4, -0.2) is 41.6 Å². The Kier molecular flexibility index (Phi) is 8.39. The molecule has 0 spiro atoms. The Labute approximate surface area is 224 Å². The molecular weight excluding hydrogens is 515 g/mol. The van der Waals surface area contributed by atoms with Gasteiger partial charge in [0.1, 0.15) is 12.1 Å². The van der Waals surface area contributed by atoms with Crippen LogP contribution in [0.1, 0.15) is 57.4 Å². The summed E-state index contributed by atoms with van der Waals surface area (Å²) in [5.41, 5.74) is -1.35. The van der Waals surface area contributed by atoms with Gasteiger partial charge >= 0.3 is 24.1 Å². The summed E-state index contributed by atoms with van der Waals surface area (Å²) in [5, 5.41) is 9.21. The second-order valence-electron chi connectivity index (χ2n) is 9.74. The molecule has 206 valence electrons. The number of hydrogen-bond acceptors (Lipinski definition) is 6. The van der Waals surface area contributed by atoms with Gasteiger partial charge in [-0.05, 0) is 70.5 Å². The smallest absolute Gasteiger partial charge is 0.416 e. The van der Waals surface area contributed by atoms with E-state index in [-0.39, 0.29) is 23.6 Å². The first-order valence-corrected chi connectivity index (χ1v) is 12.1. The van der Waals surface area contributed by atoms with Crippen LogP contribution >= 0.6 is 0 Å². The van der Waals surface area contributed by atoms with Crippen LogP contribution in [0.25, 0.3) is 0 Å². The zero-order valence-electron chi connectivity index (χ0n) is 22.1. The third-order valence-corrected chi connectivity index (χ3v) is 5.75. The summed E-state index contributed by atoms with van der Waals surface area (Å²) in [6.07, 6.45) is -4.68. The van der Waals surface area contributed by atoms with Crippen molar-refractivity contribution in [2.75, 3.05) is 18.1 Å². The minimum Gasteiger partial charge on any atom is -0.463 e. The highest BCUT2D eigenvalue weighted by atomic mass is 19.4. The van der Waals surface area contributed by atoms with Crippen molar-refractivity contribution in [1.82, 2.24) is 4.90 Å². The van der Waals surface area contributed by atoms with Crippen molar-refractivity contribution >= 4 is 23.7 Å². The fraction of sp³-hybridized carbons (Fsp3) is 0.357. The maximum absolute atomic E-state index is 14.0. The zero-order valence-corrected chi connectivity index (χ0v) is 22.1. The van der Waals surface area contributed by atoms with Crippen molar-refractivity contribution in [3.05, 3.63) is 76.5 Å². The number of nitrogens with zero attached hydrogens (tertiary/aromatic N) is 3. The van der Waals surface area contributed by atoms with E-state index in [0.29, 0.717) is 11.1 Å². The third kappa shape index (κ3) is 6.57. The number of alkyl halides is 3. The van der Waals surface area contributed by atoms with Crippen molar-refractivity contribution < 1.29 is 37.0 Å². The van der Waals surface area contributed by atoms with E-state index >= 15 is 0 Å². The second kappa shape index (κ2) is 11.2. The highest BCUT2D eigenvalue weighted by Crippen LogP contribution is 2.41. The molecular formula is C28H28F3N3O5. The molecule has 0 unspecified atom stereocenters. The number of ether oxygens (including phenoxy) is 2. The fourth-order valence-corrected chi connectivity index (χ4v) is 4.21. The van der Waals surface area contributed by atoms with Gasteiger partial charge in [0, 0.05) is 5.70 Å². The van der Waals surface area contributed by atoms with E-state index in [2.05, 4.69) is 0 Å². The molecule has 2 amide bonds. The summed E-state index contributed by atoms with van der Waals surface area (Å²) < 4.78 is 51.2. The molecule has 0 aromatic heterocycles. The maximum Gasteiger partial charge on any atom is 0.416 e. The van der Waals surface area contributed by atoms with Crippen molar-refractivity contribution in [2.24, 2.45) is 0 Å². The molecule has 8 nitrogen and oxygen atoms in total. The van der Waals surface area contributed by atoms with Crippen molar-refractivity contribution in [1.29, 1.82) is 5.26 Å². The lowest BCUT2D eigenvalue weighted by Gasteiger charge is -2.42. The third-order valence-electron chi connectivity index (χ3n) is 5.75. The molecule has 0 fully saturated rings. The molecule has 1 atom stereocenters. The van der Waals surface area contributed by atoms with E-state index in [4.69, 9.17) is 9.47 Å². The largest absolute Gasteiger partial charge is 0.463 e. The minimum absolute atomic E-state index is 0.0146. The first kappa shape index (κ1) is 29.2. The number of amides is 2. The first-order chi connectivity index (χ1) is 18.2. The van der Waals surface area contributed by atoms with Crippen LogP contribution in [0.2, 0.25) is 0 Å². The molecule has 0 N–H and O–H groups in total. The van der Waals surface area contributed by atoms with Crippen LogP contribution in [0.4, 0.5) is 23.7 Å². The Morgan fingerprint density at radius 1 is 1.08 bits per heavy atom. The zero-order chi connectivity index (χ0) is 29.1.